The minimum Gasteiger partial charge on any atom is -0.490 e. The van der Waals surface area contributed by atoms with Crippen LogP contribution in [0.25, 0.3) is 6.08 Å². The van der Waals surface area contributed by atoms with Gasteiger partial charge in [-0.1, -0.05) is 54.1 Å². The van der Waals surface area contributed by atoms with Gasteiger partial charge in [-0.25, -0.2) is 4.99 Å². The zero-order valence-electron chi connectivity index (χ0n) is 21.5. The van der Waals surface area contributed by atoms with Gasteiger partial charge >= 0.3 is 0 Å². The number of nitrogens with zero attached hydrogens (tertiary/aromatic N) is 2. The number of benzene rings is 3. The van der Waals surface area contributed by atoms with Gasteiger partial charge in [0, 0.05) is 6.61 Å². The molecular formula is C30H32N2O4S. The van der Waals surface area contributed by atoms with E-state index >= 15 is 0 Å². The maximum atomic E-state index is 13.3. The van der Waals surface area contributed by atoms with Crippen LogP contribution in [0.15, 0.2) is 82.7 Å². The second-order valence-electron chi connectivity index (χ2n) is 8.41. The van der Waals surface area contributed by atoms with Gasteiger partial charge in [-0.3, -0.25) is 9.69 Å². The fourth-order valence-electron chi connectivity index (χ4n) is 3.70. The van der Waals surface area contributed by atoms with E-state index in [1.807, 2.05) is 68.5 Å². The lowest BCUT2D eigenvalue weighted by Crippen LogP contribution is -2.32. The maximum absolute atomic E-state index is 13.3. The predicted molar refractivity (Wildman–Crippen MR) is 150 cm³/mol. The van der Waals surface area contributed by atoms with Crippen molar-refractivity contribution in [2.45, 2.75) is 27.4 Å². The molecular weight excluding hydrogens is 484 g/mol. The first-order valence-corrected chi connectivity index (χ1v) is 13.3. The minimum atomic E-state index is -0.0861. The molecule has 0 saturated carbocycles. The molecule has 0 spiro atoms. The summed E-state index contributed by atoms with van der Waals surface area (Å²) in [6, 6.07) is 23.6. The summed E-state index contributed by atoms with van der Waals surface area (Å²) in [7, 11) is 0. The Labute approximate surface area is 223 Å². The van der Waals surface area contributed by atoms with Crippen molar-refractivity contribution in [3.05, 3.63) is 94.4 Å². The Kier molecular flexibility index (Phi) is 9.40. The molecule has 37 heavy (non-hydrogen) atoms. The van der Waals surface area contributed by atoms with Crippen LogP contribution in [0.5, 0.6) is 11.5 Å². The highest BCUT2D eigenvalue weighted by Crippen LogP contribution is 2.36. The fourth-order valence-corrected chi connectivity index (χ4v) is 4.73. The molecule has 0 N–H and O–H groups in total. The van der Waals surface area contributed by atoms with E-state index in [4.69, 9.17) is 19.2 Å². The number of amidine groups is 1. The number of hydrogen-bond donors (Lipinski definition) is 0. The Bertz CT molecular complexity index is 1260. The van der Waals surface area contributed by atoms with E-state index in [2.05, 4.69) is 31.2 Å². The summed E-state index contributed by atoms with van der Waals surface area (Å²) in [5, 5.41) is 0.644. The standard InChI is InChI=1S/C30H32N2O4S/c1-4-34-18-17-32-29(33)28(37-30(32)31-25-9-7-6-8-10-25)20-24-15-16-26(27(19-24)35-5-2)36-21-23-13-11-22(3)12-14-23/h6-16,19-20H,4-5,17-18,21H2,1-3H3/b28-20-,31-30?. The topological polar surface area (TPSA) is 60.4 Å². The van der Waals surface area contributed by atoms with Crippen molar-refractivity contribution >= 4 is 34.6 Å². The van der Waals surface area contributed by atoms with E-state index in [0.717, 1.165) is 16.8 Å². The number of carbonyl (C=O) groups excluding carboxylic acids is 1. The summed E-state index contributed by atoms with van der Waals surface area (Å²) >= 11 is 1.37. The van der Waals surface area contributed by atoms with Crippen LogP contribution in [0.2, 0.25) is 0 Å². The van der Waals surface area contributed by atoms with Crippen molar-refractivity contribution in [2.24, 2.45) is 4.99 Å². The lowest BCUT2D eigenvalue weighted by molar-refractivity contribution is -0.122. The van der Waals surface area contributed by atoms with Gasteiger partial charge < -0.3 is 14.2 Å². The van der Waals surface area contributed by atoms with Crippen molar-refractivity contribution in [1.82, 2.24) is 4.90 Å². The van der Waals surface area contributed by atoms with E-state index in [1.54, 1.807) is 4.90 Å². The van der Waals surface area contributed by atoms with Crippen molar-refractivity contribution in [3.63, 3.8) is 0 Å². The third kappa shape index (κ3) is 7.24. The molecule has 0 atom stereocenters. The van der Waals surface area contributed by atoms with Gasteiger partial charge in [-0.15, -0.1) is 0 Å². The van der Waals surface area contributed by atoms with Crippen LogP contribution in [-0.4, -0.2) is 42.3 Å². The van der Waals surface area contributed by atoms with E-state index < -0.39 is 0 Å². The molecule has 1 aliphatic heterocycles. The number of amides is 1. The van der Waals surface area contributed by atoms with Gasteiger partial charge in [-0.05, 0) is 74.0 Å². The molecule has 1 aliphatic rings. The molecule has 192 valence electrons. The van der Waals surface area contributed by atoms with Gasteiger partial charge in [0.25, 0.3) is 5.91 Å². The largest absolute Gasteiger partial charge is 0.490 e. The lowest BCUT2D eigenvalue weighted by atomic mass is 10.1. The van der Waals surface area contributed by atoms with E-state index in [1.165, 1.54) is 17.3 Å². The Morgan fingerprint density at radius 1 is 0.919 bits per heavy atom. The number of ether oxygens (including phenoxy) is 3. The minimum absolute atomic E-state index is 0.0861. The molecule has 3 aromatic rings. The van der Waals surface area contributed by atoms with Crippen LogP contribution in [0, 0.1) is 6.92 Å². The maximum Gasteiger partial charge on any atom is 0.266 e. The molecule has 4 rings (SSSR count). The molecule has 1 amide bonds. The smallest absolute Gasteiger partial charge is 0.266 e. The molecule has 1 saturated heterocycles. The van der Waals surface area contributed by atoms with Crippen molar-refractivity contribution in [1.29, 1.82) is 0 Å². The monoisotopic (exact) mass is 516 g/mol. The van der Waals surface area contributed by atoms with Crippen LogP contribution in [-0.2, 0) is 16.1 Å². The average molecular weight is 517 g/mol. The highest BCUT2D eigenvalue weighted by molar-refractivity contribution is 8.18. The van der Waals surface area contributed by atoms with Gasteiger partial charge in [0.2, 0.25) is 0 Å². The molecule has 0 bridgehead atoms. The highest BCUT2D eigenvalue weighted by Gasteiger charge is 2.33. The number of thioether (sulfide) groups is 1. The van der Waals surface area contributed by atoms with Crippen LogP contribution < -0.4 is 9.47 Å². The summed E-state index contributed by atoms with van der Waals surface area (Å²) in [4.78, 5) is 20.3. The average Bonchev–Trinajstić information content (AvgIpc) is 3.19. The molecule has 6 nitrogen and oxygen atoms in total. The third-order valence-electron chi connectivity index (χ3n) is 5.61. The van der Waals surface area contributed by atoms with Crippen LogP contribution in [0.1, 0.15) is 30.5 Å². The second-order valence-corrected chi connectivity index (χ2v) is 9.42. The zero-order valence-corrected chi connectivity index (χ0v) is 22.3. The highest BCUT2D eigenvalue weighted by atomic mass is 32.2. The quantitative estimate of drug-likeness (QED) is 0.212. The van der Waals surface area contributed by atoms with Crippen molar-refractivity contribution in [3.8, 4) is 11.5 Å². The Hall–Kier alpha value is -3.55. The first kappa shape index (κ1) is 26.5. The van der Waals surface area contributed by atoms with E-state index in [-0.39, 0.29) is 5.91 Å². The molecule has 1 fully saturated rings. The van der Waals surface area contributed by atoms with Crippen LogP contribution in [0.3, 0.4) is 0 Å². The molecule has 0 aliphatic carbocycles. The predicted octanol–water partition coefficient (Wildman–Crippen LogP) is 6.61. The summed E-state index contributed by atoms with van der Waals surface area (Å²) in [5.74, 6) is 1.22. The van der Waals surface area contributed by atoms with Gasteiger partial charge in [0.15, 0.2) is 16.7 Å². The third-order valence-corrected chi connectivity index (χ3v) is 6.62. The molecule has 7 heteroatoms. The first-order valence-electron chi connectivity index (χ1n) is 12.5. The SMILES string of the molecule is CCOCCN1C(=O)/C(=C/c2ccc(OCc3ccc(C)cc3)c(OCC)c2)SC1=Nc1ccccc1. The van der Waals surface area contributed by atoms with Gasteiger partial charge in [0.05, 0.1) is 30.4 Å². The van der Waals surface area contributed by atoms with E-state index in [0.29, 0.717) is 54.5 Å². The zero-order chi connectivity index (χ0) is 26.0. The molecule has 1 heterocycles. The number of aryl methyl sites for hydroxylation is 1. The summed E-state index contributed by atoms with van der Waals surface area (Å²) in [5.41, 5.74) is 3.95. The number of carbonyl (C=O) groups is 1. The summed E-state index contributed by atoms with van der Waals surface area (Å²) in [6.45, 7) is 8.39. The van der Waals surface area contributed by atoms with Crippen LogP contribution in [0.4, 0.5) is 5.69 Å². The summed E-state index contributed by atoms with van der Waals surface area (Å²) < 4.78 is 17.4. The fraction of sp³-hybridized carbons (Fsp3) is 0.267. The second kappa shape index (κ2) is 13.1. The summed E-state index contributed by atoms with van der Waals surface area (Å²) in [6.07, 6.45) is 1.88. The molecule has 3 aromatic carbocycles. The number of rotatable bonds is 11. The number of aliphatic imine (C=N–C) groups is 1. The molecule has 0 aromatic heterocycles. The van der Waals surface area contributed by atoms with Crippen molar-refractivity contribution in [2.75, 3.05) is 26.4 Å². The number of para-hydroxylation sites is 1. The molecule has 0 unspecified atom stereocenters. The molecule has 0 radical (unpaired) electrons. The van der Waals surface area contributed by atoms with Gasteiger partial charge in [-0.2, -0.15) is 0 Å². The Balaban J connectivity index is 1.56. The number of hydrogen-bond acceptors (Lipinski definition) is 6. The Morgan fingerprint density at radius 3 is 2.43 bits per heavy atom. The normalized spacial score (nSPS) is 15.5. The van der Waals surface area contributed by atoms with Gasteiger partial charge in [0.1, 0.15) is 6.61 Å². The van der Waals surface area contributed by atoms with E-state index in [9.17, 15) is 4.79 Å². The Morgan fingerprint density at radius 2 is 1.70 bits per heavy atom. The van der Waals surface area contributed by atoms with Crippen molar-refractivity contribution < 1.29 is 19.0 Å². The van der Waals surface area contributed by atoms with Crippen LogP contribution >= 0.6 is 11.8 Å². The lowest BCUT2D eigenvalue weighted by Gasteiger charge is -2.15. The first-order chi connectivity index (χ1) is 18.1.